The van der Waals surface area contributed by atoms with E-state index in [-0.39, 0.29) is 5.91 Å². The normalized spacial score (nSPS) is 10.2. The zero-order chi connectivity index (χ0) is 13.1. The number of carbonyl (C=O) groups is 1. The molecule has 18 heavy (non-hydrogen) atoms. The van der Waals surface area contributed by atoms with Crippen LogP contribution in [0.25, 0.3) is 0 Å². The minimum absolute atomic E-state index is 0.249. The van der Waals surface area contributed by atoms with Gasteiger partial charge in [-0.2, -0.15) is 0 Å². The fourth-order valence-electron chi connectivity index (χ4n) is 1.65. The first-order chi connectivity index (χ1) is 8.56. The lowest BCUT2D eigenvalue weighted by atomic mass is 10.2. The van der Waals surface area contributed by atoms with Crippen LogP contribution < -0.4 is 5.32 Å². The van der Waals surface area contributed by atoms with E-state index in [1.165, 1.54) is 0 Å². The summed E-state index contributed by atoms with van der Waals surface area (Å²) in [6.45, 7) is 3.80. The van der Waals surface area contributed by atoms with Crippen molar-refractivity contribution >= 4 is 23.2 Å². The van der Waals surface area contributed by atoms with Gasteiger partial charge in [0.2, 0.25) is 0 Å². The highest BCUT2D eigenvalue weighted by Crippen LogP contribution is 2.14. The van der Waals surface area contributed by atoms with Crippen LogP contribution in [0.1, 0.15) is 21.6 Å². The number of hydrogen-bond donors (Lipinski definition) is 1. The first-order valence-corrected chi connectivity index (χ1v) is 5.95. The largest absolute Gasteiger partial charge is 0.321 e. The molecule has 1 aromatic heterocycles. The minimum Gasteiger partial charge on any atom is -0.321 e. The third-order valence-electron chi connectivity index (χ3n) is 2.55. The molecule has 0 saturated heterocycles. The molecule has 1 aromatic carbocycles. The van der Waals surface area contributed by atoms with Crippen LogP contribution in [0.4, 0.5) is 5.69 Å². The van der Waals surface area contributed by atoms with Gasteiger partial charge in [0, 0.05) is 5.69 Å². The van der Waals surface area contributed by atoms with Gasteiger partial charge in [-0.3, -0.25) is 4.79 Å². The van der Waals surface area contributed by atoms with Gasteiger partial charge in [0.25, 0.3) is 5.91 Å². The first kappa shape index (κ1) is 12.6. The molecule has 4 heteroatoms. The number of rotatable bonds is 2. The smallest absolute Gasteiger partial charge is 0.274 e. The van der Waals surface area contributed by atoms with Crippen molar-refractivity contribution in [2.24, 2.45) is 0 Å². The Morgan fingerprint density at radius 1 is 1.22 bits per heavy atom. The van der Waals surface area contributed by atoms with Crippen LogP contribution in [0.2, 0.25) is 5.15 Å². The number of nitrogens with one attached hydrogen (secondary N) is 1. The molecule has 1 amide bonds. The highest BCUT2D eigenvalue weighted by atomic mass is 35.5. The van der Waals surface area contributed by atoms with Crippen LogP contribution in [-0.4, -0.2) is 10.9 Å². The Kier molecular flexibility index (Phi) is 3.63. The van der Waals surface area contributed by atoms with E-state index in [9.17, 15) is 4.79 Å². The Bertz CT molecular complexity index is 596. The number of benzene rings is 1. The van der Waals surface area contributed by atoms with E-state index in [0.29, 0.717) is 10.8 Å². The molecule has 0 aliphatic rings. The van der Waals surface area contributed by atoms with Crippen LogP contribution in [-0.2, 0) is 0 Å². The summed E-state index contributed by atoms with van der Waals surface area (Å²) in [5, 5.41) is 3.12. The van der Waals surface area contributed by atoms with Crippen LogP contribution >= 0.6 is 11.6 Å². The number of anilines is 1. The fourth-order valence-corrected chi connectivity index (χ4v) is 1.80. The van der Waals surface area contributed by atoms with Gasteiger partial charge in [0.1, 0.15) is 10.8 Å². The number of aromatic nitrogens is 1. The SMILES string of the molecule is Cc1cccc(NC(=O)c2nc(Cl)ccc2C)c1. The Morgan fingerprint density at radius 3 is 2.72 bits per heavy atom. The molecule has 0 aliphatic heterocycles. The molecule has 0 atom stereocenters. The molecule has 0 radical (unpaired) electrons. The van der Waals surface area contributed by atoms with Crippen LogP contribution in [0.5, 0.6) is 0 Å². The van der Waals surface area contributed by atoms with E-state index < -0.39 is 0 Å². The van der Waals surface area contributed by atoms with Gasteiger partial charge in [-0.1, -0.05) is 29.8 Å². The second-order valence-electron chi connectivity index (χ2n) is 4.12. The zero-order valence-electron chi connectivity index (χ0n) is 10.2. The van der Waals surface area contributed by atoms with E-state index in [1.807, 2.05) is 38.1 Å². The third-order valence-corrected chi connectivity index (χ3v) is 2.76. The molecule has 0 spiro atoms. The highest BCUT2D eigenvalue weighted by Gasteiger charge is 2.11. The van der Waals surface area contributed by atoms with Crippen molar-refractivity contribution in [1.29, 1.82) is 0 Å². The molecule has 0 aliphatic carbocycles. The van der Waals surface area contributed by atoms with Crippen molar-refractivity contribution in [2.45, 2.75) is 13.8 Å². The van der Waals surface area contributed by atoms with E-state index in [4.69, 9.17) is 11.6 Å². The summed E-state index contributed by atoms with van der Waals surface area (Å²) >= 11 is 5.80. The summed E-state index contributed by atoms with van der Waals surface area (Å²) in [7, 11) is 0. The quantitative estimate of drug-likeness (QED) is 0.839. The predicted octanol–water partition coefficient (Wildman–Crippen LogP) is 3.60. The molecule has 1 N–H and O–H groups in total. The van der Waals surface area contributed by atoms with Crippen molar-refractivity contribution in [1.82, 2.24) is 4.98 Å². The molecule has 0 saturated carbocycles. The van der Waals surface area contributed by atoms with Crippen molar-refractivity contribution < 1.29 is 4.79 Å². The molecule has 0 bridgehead atoms. The summed E-state index contributed by atoms with van der Waals surface area (Å²) in [4.78, 5) is 16.1. The standard InChI is InChI=1S/C14H13ClN2O/c1-9-4-3-5-11(8-9)16-14(18)13-10(2)6-7-12(15)17-13/h3-8H,1-2H3,(H,16,18). The Morgan fingerprint density at radius 2 is 2.00 bits per heavy atom. The third kappa shape index (κ3) is 2.87. The second kappa shape index (κ2) is 5.19. The van der Waals surface area contributed by atoms with Crippen LogP contribution in [0.3, 0.4) is 0 Å². The summed E-state index contributed by atoms with van der Waals surface area (Å²) in [5.74, 6) is -0.249. The lowest BCUT2D eigenvalue weighted by Gasteiger charge is -2.07. The van der Waals surface area contributed by atoms with E-state index >= 15 is 0 Å². The maximum atomic E-state index is 12.1. The minimum atomic E-state index is -0.249. The monoisotopic (exact) mass is 260 g/mol. The van der Waals surface area contributed by atoms with Gasteiger partial charge < -0.3 is 5.32 Å². The number of amides is 1. The Balaban J connectivity index is 2.24. The summed E-state index contributed by atoms with van der Waals surface area (Å²) in [6, 6.07) is 11.0. The summed E-state index contributed by atoms with van der Waals surface area (Å²) in [5.41, 5.74) is 2.98. The maximum absolute atomic E-state index is 12.1. The molecule has 2 rings (SSSR count). The fraction of sp³-hybridized carbons (Fsp3) is 0.143. The van der Waals surface area contributed by atoms with E-state index in [1.54, 1.807) is 12.1 Å². The molecular weight excluding hydrogens is 248 g/mol. The van der Waals surface area contributed by atoms with Gasteiger partial charge in [-0.25, -0.2) is 4.98 Å². The summed E-state index contributed by atoms with van der Waals surface area (Å²) in [6.07, 6.45) is 0. The van der Waals surface area contributed by atoms with Gasteiger partial charge in [-0.15, -0.1) is 0 Å². The van der Waals surface area contributed by atoms with Crippen molar-refractivity contribution in [3.8, 4) is 0 Å². The Hall–Kier alpha value is -1.87. The average molecular weight is 261 g/mol. The lowest BCUT2D eigenvalue weighted by Crippen LogP contribution is -2.15. The first-order valence-electron chi connectivity index (χ1n) is 5.57. The Labute approximate surface area is 111 Å². The van der Waals surface area contributed by atoms with Gasteiger partial charge in [-0.05, 0) is 43.2 Å². The number of pyridine rings is 1. The second-order valence-corrected chi connectivity index (χ2v) is 4.51. The van der Waals surface area contributed by atoms with E-state index in [0.717, 1.165) is 16.8 Å². The molecule has 0 unspecified atom stereocenters. The number of carbonyl (C=O) groups excluding carboxylic acids is 1. The van der Waals surface area contributed by atoms with Crippen molar-refractivity contribution in [2.75, 3.05) is 5.32 Å². The molecular formula is C14H13ClN2O. The van der Waals surface area contributed by atoms with E-state index in [2.05, 4.69) is 10.3 Å². The van der Waals surface area contributed by atoms with Gasteiger partial charge in [0.15, 0.2) is 0 Å². The van der Waals surface area contributed by atoms with Crippen LogP contribution in [0.15, 0.2) is 36.4 Å². The van der Waals surface area contributed by atoms with Crippen molar-refractivity contribution in [3.05, 3.63) is 58.4 Å². The number of halogens is 1. The molecule has 3 nitrogen and oxygen atoms in total. The van der Waals surface area contributed by atoms with Crippen molar-refractivity contribution in [3.63, 3.8) is 0 Å². The topological polar surface area (TPSA) is 42.0 Å². The summed E-state index contributed by atoms with van der Waals surface area (Å²) < 4.78 is 0. The number of hydrogen-bond acceptors (Lipinski definition) is 2. The number of nitrogens with zero attached hydrogens (tertiary/aromatic N) is 1. The molecule has 2 aromatic rings. The zero-order valence-corrected chi connectivity index (χ0v) is 11.0. The van der Waals surface area contributed by atoms with Gasteiger partial charge in [0.05, 0.1) is 0 Å². The number of aryl methyl sites for hydroxylation is 2. The maximum Gasteiger partial charge on any atom is 0.274 e. The van der Waals surface area contributed by atoms with Crippen LogP contribution in [0, 0.1) is 13.8 Å². The molecule has 0 fully saturated rings. The molecule has 1 heterocycles. The predicted molar refractivity (Wildman–Crippen MR) is 73.1 cm³/mol. The molecule has 92 valence electrons. The average Bonchev–Trinajstić information content (AvgIpc) is 2.32. The highest BCUT2D eigenvalue weighted by molar-refractivity contribution is 6.29. The van der Waals surface area contributed by atoms with Gasteiger partial charge >= 0.3 is 0 Å². The lowest BCUT2D eigenvalue weighted by molar-refractivity contribution is 0.102.